The lowest BCUT2D eigenvalue weighted by Crippen LogP contribution is -2.51. The molecule has 1 atom stereocenters. The molecular formula is C14H22Cl2N2O. The van der Waals surface area contributed by atoms with Crippen molar-refractivity contribution in [3.8, 4) is 0 Å². The average molecular weight is 305 g/mol. The van der Waals surface area contributed by atoms with Crippen LogP contribution in [0.4, 0.5) is 0 Å². The number of halogens is 2. The van der Waals surface area contributed by atoms with E-state index < -0.39 is 5.54 Å². The van der Waals surface area contributed by atoms with Gasteiger partial charge in [0.05, 0.1) is 5.54 Å². The summed E-state index contributed by atoms with van der Waals surface area (Å²) in [5.41, 5.74) is 6.32. The topological polar surface area (TPSA) is 55.1 Å². The van der Waals surface area contributed by atoms with Crippen LogP contribution in [-0.4, -0.2) is 18.0 Å². The summed E-state index contributed by atoms with van der Waals surface area (Å²) in [6.07, 6.45) is 2.38. The van der Waals surface area contributed by atoms with Gasteiger partial charge in [0.2, 0.25) is 5.91 Å². The second kappa shape index (κ2) is 8.41. The average Bonchev–Trinajstić information content (AvgIpc) is 2.31. The lowest BCUT2D eigenvalue weighted by Gasteiger charge is -2.22. The molecule has 3 nitrogen and oxygen atoms in total. The monoisotopic (exact) mass is 304 g/mol. The Labute approximate surface area is 126 Å². The molecule has 5 heteroatoms. The SMILES string of the molecule is CCCC(C)(N)C(=O)NCCc1ccc(Cl)cc1.Cl. The van der Waals surface area contributed by atoms with Gasteiger partial charge in [-0.15, -0.1) is 12.4 Å². The number of carbonyl (C=O) groups is 1. The van der Waals surface area contributed by atoms with E-state index >= 15 is 0 Å². The number of nitrogens with two attached hydrogens (primary N) is 1. The summed E-state index contributed by atoms with van der Waals surface area (Å²) >= 11 is 5.80. The third-order valence-corrected chi connectivity index (χ3v) is 3.15. The highest BCUT2D eigenvalue weighted by molar-refractivity contribution is 6.30. The van der Waals surface area contributed by atoms with E-state index in [1.54, 1.807) is 6.92 Å². The van der Waals surface area contributed by atoms with Gasteiger partial charge in [-0.05, 0) is 37.5 Å². The molecule has 0 aliphatic heterocycles. The van der Waals surface area contributed by atoms with Gasteiger partial charge in [0, 0.05) is 11.6 Å². The summed E-state index contributed by atoms with van der Waals surface area (Å²) < 4.78 is 0. The predicted molar refractivity (Wildman–Crippen MR) is 82.9 cm³/mol. The molecular weight excluding hydrogens is 283 g/mol. The Morgan fingerprint density at radius 1 is 1.37 bits per heavy atom. The van der Waals surface area contributed by atoms with Gasteiger partial charge >= 0.3 is 0 Å². The molecule has 1 rings (SSSR count). The number of hydrogen-bond donors (Lipinski definition) is 2. The molecule has 19 heavy (non-hydrogen) atoms. The number of carbonyl (C=O) groups excluding carboxylic acids is 1. The van der Waals surface area contributed by atoms with E-state index in [2.05, 4.69) is 5.32 Å². The molecule has 1 amide bonds. The molecule has 0 bridgehead atoms. The van der Waals surface area contributed by atoms with Crippen LogP contribution in [0.3, 0.4) is 0 Å². The van der Waals surface area contributed by atoms with Gasteiger partial charge in [-0.3, -0.25) is 4.79 Å². The van der Waals surface area contributed by atoms with Crippen LogP contribution in [0.2, 0.25) is 5.02 Å². The normalized spacial score (nSPS) is 13.3. The zero-order valence-electron chi connectivity index (χ0n) is 11.4. The Morgan fingerprint density at radius 2 is 1.95 bits per heavy atom. The van der Waals surface area contributed by atoms with Crippen LogP contribution in [0.5, 0.6) is 0 Å². The minimum atomic E-state index is -0.769. The first-order valence-electron chi connectivity index (χ1n) is 6.27. The summed E-state index contributed by atoms with van der Waals surface area (Å²) in [5, 5.41) is 3.60. The van der Waals surface area contributed by atoms with Crippen LogP contribution in [0.15, 0.2) is 24.3 Å². The van der Waals surface area contributed by atoms with E-state index in [9.17, 15) is 4.79 Å². The molecule has 0 saturated carbocycles. The smallest absolute Gasteiger partial charge is 0.239 e. The van der Waals surface area contributed by atoms with Crippen molar-refractivity contribution in [2.45, 2.75) is 38.6 Å². The van der Waals surface area contributed by atoms with Gasteiger partial charge < -0.3 is 11.1 Å². The Morgan fingerprint density at radius 3 is 2.47 bits per heavy atom. The van der Waals surface area contributed by atoms with Crippen molar-refractivity contribution in [2.24, 2.45) is 5.73 Å². The molecule has 0 heterocycles. The van der Waals surface area contributed by atoms with Gasteiger partial charge in [-0.1, -0.05) is 37.1 Å². The van der Waals surface area contributed by atoms with Crippen molar-refractivity contribution in [1.29, 1.82) is 0 Å². The van der Waals surface area contributed by atoms with E-state index in [4.69, 9.17) is 17.3 Å². The zero-order valence-corrected chi connectivity index (χ0v) is 13.0. The van der Waals surface area contributed by atoms with Crippen LogP contribution in [0, 0.1) is 0 Å². The first kappa shape index (κ1) is 18.2. The molecule has 0 radical (unpaired) electrons. The molecule has 0 aromatic heterocycles. The van der Waals surface area contributed by atoms with Crippen molar-refractivity contribution >= 4 is 29.9 Å². The largest absolute Gasteiger partial charge is 0.354 e. The number of rotatable bonds is 6. The van der Waals surface area contributed by atoms with Crippen LogP contribution < -0.4 is 11.1 Å². The van der Waals surface area contributed by atoms with Gasteiger partial charge in [0.1, 0.15) is 0 Å². The number of amides is 1. The van der Waals surface area contributed by atoms with E-state index in [1.165, 1.54) is 0 Å². The van der Waals surface area contributed by atoms with E-state index in [0.29, 0.717) is 13.0 Å². The minimum Gasteiger partial charge on any atom is -0.354 e. The second-order valence-corrected chi connectivity index (χ2v) is 5.24. The maximum absolute atomic E-state index is 11.8. The van der Waals surface area contributed by atoms with E-state index in [1.807, 2.05) is 31.2 Å². The van der Waals surface area contributed by atoms with Gasteiger partial charge in [-0.2, -0.15) is 0 Å². The quantitative estimate of drug-likeness (QED) is 0.849. The first-order chi connectivity index (χ1) is 8.45. The van der Waals surface area contributed by atoms with Gasteiger partial charge in [0.25, 0.3) is 0 Å². The number of nitrogens with one attached hydrogen (secondary N) is 1. The second-order valence-electron chi connectivity index (χ2n) is 4.80. The fourth-order valence-electron chi connectivity index (χ4n) is 1.81. The molecule has 3 N–H and O–H groups in total. The molecule has 108 valence electrons. The van der Waals surface area contributed by atoms with Crippen LogP contribution in [0.25, 0.3) is 0 Å². The summed E-state index contributed by atoms with van der Waals surface area (Å²) in [5.74, 6) is -0.0849. The van der Waals surface area contributed by atoms with Crippen molar-refractivity contribution in [3.63, 3.8) is 0 Å². The van der Waals surface area contributed by atoms with E-state index in [-0.39, 0.29) is 18.3 Å². The first-order valence-corrected chi connectivity index (χ1v) is 6.65. The number of hydrogen-bond acceptors (Lipinski definition) is 2. The summed E-state index contributed by atoms with van der Waals surface area (Å²) in [7, 11) is 0. The highest BCUT2D eigenvalue weighted by Gasteiger charge is 2.26. The molecule has 0 aliphatic rings. The van der Waals surface area contributed by atoms with E-state index in [0.717, 1.165) is 23.4 Å². The highest BCUT2D eigenvalue weighted by atomic mass is 35.5. The fraction of sp³-hybridized carbons (Fsp3) is 0.500. The molecule has 0 saturated heterocycles. The minimum absolute atomic E-state index is 0. The standard InChI is InChI=1S/C14H21ClN2O.ClH/c1-3-9-14(2,16)13(18)17-10-8-11-4-6-12(15)7-5-11;/h4-7H,3,8-10,16H2,1-2H3,(H,17,18);1H. The van der Waals surface area contributed by atoms with Crippen molar-refractivity contribution in [2.75, 3.05) is 6.54 Å². The van der Waals surface area contributed by atoms with Crippen molar-refractivity contribution < 1.29 is 4.79 Å². The Balaban J connectivity index is 0.00000324. The molecule has 1 aromatic carbocycles. The molecule has 0 aliphatic carbocycles. The summed E-state index contributed by atoms with van der Waals surface area (Å²) in [6, 6.07) is 7.62. The molecule has 0 fully saturated rings. The number of benzene rings is 1. The lowest BCUT2D eigenvalue weighted by atomic mass is 9.96. The Hall–Kier alpha value is -0.770. The zero-order chi connectivity index (χ0) is 13.6. The molecule has 1 aromatic rings. The Bertz CT molecular complexity index is 391. The van der Waals surface area contributed by atoms with Crippen LogP contribution >= 0.6 is 24.0 Å². The third-order valence-electron chi connectivity index (χ3n) is 2.90. The maximum Gasteiger partial charge on any atom is 0.239 e. The van der Waals surface area contributed by atoms with Crippen molar-refractivity contribution in [3.05, 3.63) is 34.9 Å². The lowest BCUT2D eigenvalue weighted by molar-refractivity contribution is -0.126. The Kier molecular flexibility index (Phi) is 8.07. The van der Waals surface area contributed by atoms with Crippen LogP contribution in [-0.2, 0) is 11.2 Å². The van der Waals surface area contributed by atoms with Crippen LogP contribution in [0.1, 0.15) is 32.3 Å². The molecule has 0 spiro atoms. The fourth-order valence-corrected chi connectivity index (χ4v) is 1.93. The summed E-state index contributed by atoms with van der Waals surface area (Å²) in [4.78, 5) is 11.8. The molecule has 1 unspecified atom stereocenters. The summed E-state index contributed by atoms with van der Waals surface area (Å²) in [6.45, 7) is 4.39. The highest BCUT2D eigenvalue weighted by Crippen LogP contribution is 2.10. The van der Waals surface area contributed by atoms with Gasteiger partial charge in [0.15, 0.2) is 0 Å². The maximum atomic E-state index is 11.8. The van der Waals surface area contributed by atoms with Gasteiger partial charge in [-0.25, -0.2) is 0 Å². The van der Waals surface area contributed by atoms with Crippen molar-refractivity contribution in [1.82, 2.24) is 5.32 Å². The third kappa shape index (κ3) is 6.28. The predicted octanol–water partition coefficient (Wildman–Crippen LogP) is 2.94.